The molecule has 6 heteroatoms. The number of fused-ring (bicyclic) bond motifs is 2. The van der Waals surface area contributed by atoms with Crippen LogP contribution in [-0.2, 0) is 25.8 Å². The number of aryl methyl sites for hydroxylation is 2. The molecule has 39 heavy (non-hydrogen) atoms. The molecule has 4 heterocycles. The Morgan fingerprint density at radius 2 is 1.85 bits per heavy atom. The number of halogens is 1. The predicted octanol–water partition coefficient (Wildman–Crippen LogP) is 7.37. The Morgan fingerprint density at radius 3 is 2.56 bits per heavy atom. The second kappa shape index (κ2) is 9.51. The third-order valence-corrected chi connectivity index (χ3v) is 8.91. The second-order valence-corrected chi connectivity index (χ2v) is 11.4. The van der Waals surface area contributed by atoms with E-state index in [-0.39, 0.29) is 5.82 Å². The Morgan fingerprint density at radius 1 is 1.05 bits per heavy atom. The first-order valence-corrected chi connectivity index (χ1v) is 14.6. The molecule has 1 saturated carbocycles. The van der Waals surface area contributed by atoms with Crippen molar-refractivity contribution in [3.8, 4) is 16.9 Å². The summed E-state index contributed by atoms with van der Waals surface area (Å²) >= 11 is 0. The molecule has 1 unspecified atom stereocenters. The lowest BCUT2D eigenvalue weighted by molar-refractivity contribution is 0.368. The summed E-state index contributed by atoms with van der Waals surface area (Å²) in [7, 11) is 0. The van der Waals surface area contributed by atoms with E-state index in [9.17, 15) is 4.39 Å². The maximum Gasteiger partial charge on any atom is 0.147 e. The number of nitrogens with one attached hydrogen (secondary N) is 1. The van der Waals surface area contributed by atoms with Gasteiger partial charge in [0.05, 0.1) is 22.6 Å². The summed E-state index contributed by atoms with van der Waals surface area (Å²) in [6.07, 6.45) is 10.5. The van der Waals surface area contributed by atoms with Crippen LogP contribution >= 0.6 is 0 Å². The number of aromatic nitrogens is 3. The lowest BCUT2D eigenvalue weighted by Crippen LogP contribution is -2.40. The highest BCUT2D eigenvalue weighted by Crippen LogP contribution is 2.42. The molecule has 1 N–H and O–H groups in total. The number of benzene rings is 2. The van der Waals surface area contributed by atoms with Gasteiger partial charge in [0, 0.05) is 54.3 Å². The molecular weight excluding hydrogens is 485 g/mol. The number of rotatable bonds is 5. The largest absolute Gasteiger partial charge is 0.359 e. The van der Waals surface area contributed by atoms with Crippen LogP contribution in [0.3, 0.4) is 0 Å². The topological polar surface area (TPSA) is 49.2 Å². The Hall–Kier alpha value is -3.67. The molecule has 0 bridgehead atoms. The van der Waals surface area contributed by atoms with Crippen LogP contribution in [0.4, 0.5) is 4.39 Å². The van der Waals surface area contributed by atoms with E-state index < -0.39 is 0 Å². The maximum absolute atomic E-state index is 14.8. The number of H-pyrrole nitrogens is 1. The second-order valence-electron chi connectivity index (χ2n) is 11.4. The number of hydrogen-bond acceptors (Lipinski definition) is 3. The Kier molecular flexibility index (Phi) is 5.94. The van der Waals surface area contributed by atoms with Crippen LogP contribution in [0.25, 0.3) is 27.8 Å². The van der Waals surface area contributed by atoms with Crippen molar-refractivity contribution >= 4 is 16.7 Å². The fraction of sp³-hybridized carbons (Fsp3) is 0.394. The smallest absolute Gasteiger partial charge is 0.147 e. The molecule has 1 atom stereocenters. The molecule has 3 aliphatic rings. The van der Waals surface area contributed by atoms with Gasteiger partial charge in [-0.2, -0.15) is 5.10 Å². The van der Waals surface area contributed by atoms with Gasteiger partial charge in [0.1, 0.15) is 11.7 Å². The molecule has 0 radical (unpaired) electrons. The van der Waals surface area contributed by atoms with Crippen molar-refractivity contribution in [3.63, 3.8) is 0 Å². The average Bonchev–Trinajstić information content (AvgIpc) is 3.57. The molecule has 0 amide bonds. The molecule has 5 nitrogen and oxygen atoms in total. The maximum atomic E-state index is 14.8. The van der Waals surface area contributed by atoms with Crippen molar-refractivity contribution in [2.45, 2.75) is 65.8 Å². The Balaban J connectivity index is 1.41. The van der Waals surface area contributed by atoms with E-state index in [2.05, 4.69) is 59.7 Å². The average molecular weight is 522 g/mol. The zero-order chi connectivity index (χ0) is 26.7. The monoisotopic (exact) mass is 521 g/mol. The van der Waals surface area contributed by atoms with Crippen molar-refractivity contribution in [2.24, 2.45) is 16.8 Å². The van der Waals surface area contributed by atoms with Gasteiger partial charge in [0.25, 0.3) is 0 Å². The molecule has 1 aliphatic carbocycles. The lowest BCUT2D eigenvalue weighted by atomic mass is 9.92. The third-order valence-electron chi connectivity index (χ3n) is 8.91. The fourth-order valence-corrected chi connectivity index (χ4v) is 6.72. The van der Waals surface area contributed by atoms with Crippen LogP contribution in [0.1, 0.15) is 62.4 Å². The normalized spacial score (nSPS) is 19.3. The minimum Gasteiger partial charge on any atom is -0.359 e. The van der Waals surface area contributed by atoms with Gasteiger partial charge in [-0.1, -0.05) is 39.0 Å². The summed E-state index contributed by atoms with van der Waals surface area (Å²) in [5.74, 6) is 2.15. The highest BCUT2D eigenvalue weighted by atomic mass is 19.1. The number of para-hydroxylation sites is 1. The van der Waals surface area contributed by atoms with E-state index in [4.69, 9.17) is 10.1 Å². The highest BCUT2D eigenvalue weighted by Gasteiger charge is 2.34. The van der Waals surface area contributed by atoms with E-state index in [1.54, 1.807) is 6.07 Å². The van der Waals surface area contributed by atoms with Crippen molar-refractivity contribution in [1.82, 2.24) is 19.7 Å². The molecule has 4 aromatic rings. The van der Waals surface area contributed by atoms with Crippen LogP contribution in [0.15, 0.2) is 59.4 Å². The van der Waals surface area contributed by atoms with Gasteiger partial charge >= 0.3 is 0 Å². The van der Waals surface area contributed by atoms with Gasteiger partial charge in [-0.25, -0.2) is 14.1 Å². The van der Waals surface area contributed by atoms with E-state index in [1.165, 1.54) is 46.6 Å². The molecular formula is C33H36FN5. The van der Waals surface area contributed by atoms with Gasteiger partial charge in [-0.15, -0.1) is 0 Å². The van der Waals surface area contributed by atoms with Crippen LogP contribution in [0.5, 0.6) is 0 Å². The van der Waals surface area contributed by atoms with Gasteiger partial charge in [0.2, 0.25) is 0 Å². The van der Waals surface area contributed by atoms with Crippen molar-refractivity contribution < 1.29 is 4.39 Å². The van der Waals surface area contributed by atoms with E-state index in [1.807, 2.05) is 18.3 Å². The molecule has 0 saturated heterocycles. The van der Waals surface area contributed by atoms with Gasteiger partial charge in [0.15, 0.2) is 0 Å². The summed E-state index contributed by atoms with van der Waals surface area (Å²) in [6.45, 7) is 8.41. The van der Waals surface area contributed by atoms with Gasteiger partial charge in [-0.05, 0) is 72.9 Å². The van der Waals surface area contributed by atoms with Crippen molar-refractivity contribution in [3.05, 3.63) is 82.6 Å². The van der Waals surface area contributed by atoms with Gasteiger partial charge < -0.3 is 9.88 Å². The zero-order valence-corrected chi connectivity index (χ0v) is 23.1. The van der Waals surface area contributed by atoms with Crippen molar-refractivity contribution in [2.75, 3.05) is 6.54 Å². The standard InChI is InChI=1S/C33H36FN5/c1-4-21-7-6-8-22(5-2)31(21)39-32(26-11-12-28(34)30-25(26)13-15-35-30)27-19-38(16-14-29(27)37-39)33-20(3)17-24(18-36-33)23-9-10-23/h6-8,11-13,15,18,20,23,35H,4-5,9-10,14,16-17,19H2,1-3H3. The molecule has 1 fully saturated rings. The summed E-state index contributed by atoms with van der Waals surface area (Å²) < 4.78 is 17.0. The first-order valence-electron chi connectivity index (χ1n) is 14.6. The number of allylic oxidation sites excluding steroid dienone is 1. The molecule has 0 spiro atoms. The van der Waals surface area contributed by atoms with E-state index >= 15 is 0 Å². The summed E-state index contributed by atoms with van der Waals surface area (Å²) in [6, 6.07) is 12.1. The van der Waals surface area contributed by atoms with E-state index in [0.717, 1.165) is 67.0 Å². The number of nitrogens with zero attached hydrogens (tertiary/aromatic N) is 4. The minimum absolute atomic E-state index is 0.229. The fourth-order valence-electron chi connectivity index (χ4n) is 6.72. The first-order chi connectivity index (χ1) is 19.1. The number of amidine groups is 1. The number of aliphatic imine (C=N–C) groups is 1. The van der Waals surface area contributed by atoms with Crippen LogP contribution in [-0.4, -0.2) is 32.0 Å². The summed E-state index contributed by atoms with van der Waals surface area (Å²) in [4.78, 5) is 10.6. The quantitative estimate of drug-likeness (QED) is 0.298. The third kappa shape index (κ3) is 4.03. The minimum atomic E-state index is -0.229. The van der Waals surface area contributed by atoms with E-state index in [0.29, 0.717) is 11.4 Å². The lowest BCUT2D eigenvalue weighted by Gasteiger charge is -2.34. The Bertz CT molecular complexity index is 1610. The van der Waals surface area contributed by atoms with Crippen molar-refractivity contribution in [1.29, 1.82) is 0 Å². The SMILES string of the molecule is CCc1cccc(CC)c1-n1nc2c(c1-c1ccc(F)c3[nH]ccc13)CN(C1=NC=C(C3CC3)CC1C)CC2. The summed E-state index contributed by atoms with van der Waals surface area (Å²) in [5, 5.41) is 6.20. The molecule has 7 rings (SSSR count). The number of aromatic amines is 1. The number of hydrogen-bond donors (Lipinski definition) is 1. The molecule has 2 aliphatic heterocycles. The van der Waals surface area contributed by atoms with Crippen LogP contribution in [0.2, 0.25) is 0 Å². The zero-order valence-electron chi connectivity index (χ0n) is 23.1. The predicted molar refractivity (Wildman–Crippen MR) is 156 cm³/mol. The molecule has 200 valence electrons. The van der Waals surface area contributed by atoms with Gasteiger partial charge in [-0.3, -0.25) is 0 Å². The summed E-state index contributed by atoms with van der Waals surface area (Å²) in [5.41, 5.74) is 10.3. The first kappa shape index (κ1) is 24.4. The highest BCUT2D eigenvalue weighted by molar-refractivity contribution is 5.96. The molecule has 2 aromatic carbocycles. The Labute approximate surface area is 229 Å². The van der Waals surface area contributed by atoms with Crippen LogP contribution in [0, 0.1) is 17.7 Å². The molecule has 2 aromatic heterocycles. The van der Waals surface area contributed by atoms with Crippen LogP contribution < -0.4 is 0 Å².